The Bertz CT molecular complexity index is 672. The van der Waals surface area contributed by atoms with Crippen molar-refractivity contribution in [3.8, 4) is 5.75 Å². The van der Waals surface area contributed by atoms with Crippen LogP contribution in [0, 0.1) is 0 Å². The average Bonchev–Trinajstić information content (AvgIpc) is 3.05. The number of likely N-dealkylation sites (tertiary alicyclic amines) is 1. The Morgan fingerprint density at radius 3 is 2.73 bits per heavy atom. The molecular formula is C18H18BrNO2. The Hall–Kier alpha value is -1.81. The molecule has 3 nitrogen and oxygen atoms in total. The molecule has 1 aliphatic rings. The number of carbonyl (C=O) groups is 1. The molecule has 0 saturated carbocycles. The Morgan fingerprint density at radius 2 is 2.00 bits per heavy atom. The van der Waals surface area contributed by atoms with Crippen LogP contribution in [0.4, 0.5) is 0 Å². The first-order valence-electron chi connectivity index (χ1n) is 7.37. The van der Waals surface area contributed by atoms with Crippen LogP contribution in [0.5, 0.6) is 5.75 Å². The van der Waals surface area contributed by atoms with Gasteiger partial charge in [-0.15, -0.1) is 0 Å². The van der Waals surface area contributed by atoms with Gasteiger partial charge in [-0.2, -0.15) is 0 Å². The molecule has 1 fully saturated rings. The van der Waals surface area contributed by atoms with Crippen molar-refractivity contribution in [2.75, 3.05) is 20.2 Å². The SMILES string of the molecule is COc1ccc(Br)c(C(=O)N2CC[C@@H](c3ccccc3)C2)c1. The number of methoxy groups -OCH3 is 1. The highest BCUT2D eigenvalue weighted by molar-refractivity contribution is 9.10. The van der Waals surface area contributed by atoms with Crippen molar-refractivity contribution in [2.24, 2.45) is 0 Å². The molecule has 1 atom stereocenters. The van der Waals surface area contributed by atoms with E-state index in [0.29, 0.717) is 17.2 Å². The molecule has 3 rings (SSSR count). The van der Waals surface area contributed by atoms with Gasteiger partial charge in [-0.1, -0.05) is 30.3 Å². The van der Waals surface area contributed by atoms with Crippen LogP contribution < -0.4 is 4.74 Å². The predicted octanol–water partition coefficient (Wildman–Crippen LogP) is 4.09. The van der Waals surface area contributed by atoms with E-state index in [1.54, 1.807) is 13.2 Å². The third-order valence-corrected chi connectivity index (χ3v) is 4.84. The molecule has 1 amide bonds. The Labute approximate surface area is 139 Å². The molecule has 114 valence electrons. The van der Waals surface area contributed by atoms with Crippen molar-refractivity contribution < 1.29 is 9.53 Å². The second-order valence-corrected chi connectivity index (χ2v) is 6.35. The molecule has 2 aromatic carbocycles. The first-order valence-corrected chi connectivity index (χ1v) is 8.16. The molecule has 0 aliphatic carbocycles. The van der Waals surface area contributed by atoms with Gasteiger partial charge < -0.3 is 9.64 Å². The number of nitrogens with zero attached hydrogens (tertiary/aromatic N) is 1. The van der Waals surface area contributed by atoms with Crippen molar-refractivity contribution in [2.45, 2.75) is 12.3 Å². The van der Waals surface area contributed by atoms with Gasteiger partial charge >= 0.3 is 0 Å². The number of carbonyl (C=O) groups excluding carboxylic acids is 1. The highest BCUT2D eigenvalue weighted by Crippen LogP contribution is 2.30. The molecule has 0 radical (unpaired) electrons. The normalized spacial score (nSPS) is 17.5. The summed E-state index contributed by atoms with van der Waals surface area (Å²) in [5.41, 5.74) is 1.97. The third kappa shape index (κ3) is 3.02. The summed E-state index contributed by atoms with van der Waals surface area (Å²) in [5.74, 6) is 1.18. The second kappa shape index (κ2) is 6.53. The largest absolute Gasteiger partial charge is 0.497 e. The standard InChI is InChI=1S/C18H18BrNO2/c1-22-15-7-8-17(19)16(11-15)18(21)20-10-9-14(12-20)13-5-3-2-4-6-13/h2-8,11,14H,9-10,12H2,1H3/t14-/m1/s1. The maximum absolute atomic E-state index is 12.8. The fraction of sp³-hybridized carbons (Fsp3) is 0.278. The maximum Gasteiger partial charge on any atom is 0.255 e. The Kier molecular flexibility index (Phi) is 4.48. The molecule has 1 aliphatic heterocycles. The molecule has 0 aromatic heterocycles. The highest BCUT2D eigenvalue weighted by atomic mass is 79.9. The van der Waals surface area contributed by atoms with Crippen molar-refractivity contribution in [3.05, 3.63) is 64.1 Å². The number of hydrogen-bond acceptors (Lipinski definition) is 2. The number of rotatable bonds is 3. The van der Waals surface area contributed by atoms with E-state index < -0.39 is 0 Å². The minimum Gasteiger partial charge on any atom is -0.497 e. The first kappa shape index (κ1) is 15.1. The minimum absolute atomic E-state index is 0.0595. The fourth-order valence-electron chi connectivity index (χ4n) is 2.91. The van der Waals surface area contributed by atoms with Gasteiger partial charge in [0.25, 0.3) is 5.91 Å². The van der Waals surface area contributed by atoms with Gasteiger partial charge in [0.05, 0.1) is 12.7 Å². The van der Waals surface area contributed by atoms with E-state index in [-0.39, 0.29) is 5.91 Å². The quantitative estimate of drug-likeness (QED) is 0.825. The molecule has 1 saturated heterocycles. The molecule has 0 unspecified atom stereocenters. The summed E-state index contributed by atoms with van der Waals surface area (Å²) in [5, 5.41) is 0. The number of benzene rings is 2. The minimum atomic E-state index is 0.0595. The molecule has 1 heterocycles. The Morgan fingerprint density at radius 1 is 1.23 bits per heavy atom. The lowest BCUT2D eigenvalue weighted by atomic mass is 9.99. The van der Waals surface area contributed by atoms with Gasteiger partial charge in [-0.3, -0.25) is 4.79 Å². The summed E-state index contributed by atoms with van der Waals surface area (Å²) in [7, 11) is 1.61. The van der Waals surface area contributed by atoms with Crippen LogP contribution >= 0.6 is 15.9 Å². The van der Waals surface area contributed by atoms with Crippen LogP contribution in [0.2, 0.25) is 0 Å². The van der Waals surface area contributed by atoms with Gasteiger partial charge in [0.1, 0.15) is 5.75 Å². The van der Waals surface area contributed by atoms with Crippen LogP contribution in [0.25, 0.3) is 0 Å². The van der Waals surface area contributed by atoms with Crippen molar-refractivity contribution in [3.63, 3.8) is 0 Å². The molecular weight excluding hydrogens is 342 g/mol. The maximum atomic E-state index is 12.8. The summed E-state index contributed by atoms with van der Waals surface area (Å²) in [6.07, 6.45) is 1.01. The van der Waals surface area contributed by atoms with E-state index >= 15 is 0 Å². The molecule has 22 heavy (non-hydrogen) atoms. The van der Waals surface area contributed by atoms with E-state index in [1.807, 2.05) is 23.1 Å². The summed E-state index contributed by atoms with van der Waals surface area (Å²) in [6, 6.07) is 15.9. The highest BCUT2D eigenvalue weighted by Gasteiger charge is 2.28. The van der Waals surface area contributed by atoms with Crippen molar-refractivity contribution >= 4 is 21.8 Å². The van der Waals surface area contributed by atoms with Crippen molar-refractivity contribution in [1.82, 2.24) is 4.90 Å². The van der Waals surface area contributed by atoms with Crippen LogP contribution in [-0.2, 0) is 0 Å². The van der Waals surface area contributed by atoms with Crippen LogP contribution in [-0.4, -0.2) is 31.0 Å². The molecule has 2 aromatic rings. The summed E-state index contributed by atoms with van der Waals surface area (Å²) < 4.78 is 6.03. The monoisotopic (exact) mass is 359 g/mol. The average molecular weight is 360 g/mol. The number of amides is 1. The summed E-state index contributed by atoms with van der Waals surface area (Å²) in [6.45, 7) is 1.56. The van der Waals surface area contributed by atoms with E-state index in [1.165, 1.54) is 5.56 Å². The molecule has 0 spiro atoms. The first-order chi connectivity index (χ1) is 10.7. The molecule has 0 bridgehead atoms. The van der Waals surface area contributed by atoms with E-state index in [4.69, 9.17) is 4.74 Å². The molecule has 4 heteroatoms. The van der Waals surface area contributed by atoms with Gasteiger partial charge in [0.15, 0.2) is 0 Å². The summed E-state index contributed by atoms with van der Waals surface area (Å²) in [4.78, 5) is 14.7. The van der Waals surface area contributed by atoms with Crippen LogP contribution in [0.3, 0.4) is 0 Å². The number of halogens is 1. The van der Waals surface area contributed by atoms with Crippen LogP contribution in [0.15, 0.2) is 53.0 Å². The fourth-order valence-corrected chi connectivity index (χ4v) is 3.32. The van der Waals surface area contributed by atoms with Crippen molar-refractivity contribution in [1.29, 1.82) is 0 Å². The topological polar surface area (TPSA) is 29.5 Å². The predicted molar refractivity (Wildman–Crippen MR) is 90.4 cm³/mol. The zero-order chi connectivity index (χ0) is 15.5. The van der Waals surface area contributed by atoms with E-state index in [2.05, 4.69) is 40.2 Å². The van der Waals surface area contributed by atoms with Gasteiger partial charge in [0.2, 0.25) is 0 Å². The van der Waals surface area contributed by atoms with E-state index in [9.17, 15) is 4.79 Å². The summed E-state index contributed by atoms with van der Waals surface area (Å²) >= 11 is 3.46. The molecule has 0 N–H and O–H groups in total. The third-order valence-electron chi connectivity index (χ3n) is 4.15. The Balaban J connectivity index is 1.77. The van der Waals surface area contributed by atoms with E-state index in [0.717, 1.165) is 24.0 Å². The van der Waals surface area contributed by atoms with Crippen LogP contribution in [0.1, 0.15) is 28.3 Å². The number of hydrogen-bond donors (Lipinski definition) is 0. The smallest absolute Gasteiger partial charge is 0.255 e. The lowest BCUT2D eigenvalue weighted by Gasteiger charge is -2.18. The van der Waals surface area contributed by atoms with Gasteiger partial charge in [-0.25, -0.2) is 0 Å². The lowest BCUT2D eigenvalue weighted by Crippen LogP contribution is -2.28. The van der Waals surface area contributed by atoms with Gasteiger partial charge in [0, 0.05) is 23.5 Å². The second-order valence-electron chi connectivity index (χ2n) is 5.49. The zero-order valence-electron chi connectivity index (χ0n) is 12.5. The van der Waals surface area contributed by atoms with Gasteiger partial charge in [-0.05, 0) is 46.1 Å². The number of ether oxygens (including phenoxy) is 1. The zero-order valence-corrected chi connectivity index (χ0v) is 14.0. The lowest BCUT2D eigenvalue weighted by molar-refractivity contribution is 0.0789.